The molecule has 0 aromatic heterocycles. The number of carbonyl (C=O) groups is 8. The van der Waals surface area contributed by atoms with Crippen LogP contribution in [0.15, 0.2) is 36.4 Å². The lowest BCUT2D eigenvalue weighted by Crippen LogP contribution is -2.59. The number of anilines is 2. The first kappa shape index (κ1) is 104. The summed E-state index contributed by atoms with van der Waals surface area (Å²) in [6.07, 6.45) is -29.3. The van der Waals surface area contributed by atoms with Crippen LogP contribution in [-0.2, 0) is 95.0 Å². The molecule has 0 saturated carbocycles. The number of hydrogen-bond acceptors (Lipinski definition) is 40. The van der Waals surface area contributed by atoms with Crippen LogP contribution in [0.3, 0.4) is 0 Å². The molecule has 0 aliphatic carbocycles. The van der Waals surface area contributed by atoms with Gasteiger partial charge in [-0.05, 0) is 42.8 Å². The van der Waals surface area contributed by atoms with E-state index in [-0.39, 0.29) is 205 Å². The third kappa shape index (κ3) is 35.4. The summed E-state index contributed by atoms with van der Waals surface area (Å²) in [7, 11) is 0. The molecule has 48 nitrogen and oxygen atoms in total. The second-order valence-electron chi connectivity index (χ2n) is 27.8. The van der Waals surface area contributed by atoms with E-state index in [4.69, 9.17) is 75.8 Å². The van der Waals surface area contributed by atoms with Crippen molar-refractivity contribution in [1.29, 1.82) is 0 Å². The highest BCUT2D eigenvalue weighted by molar-refractivity contribution is 6.04. The van der Waals surface area contributed by atoms with E-state index in [2.05, 4.69) is 42.5 Å². The Bertz CT molecular complexity index is 3260. The van der Waals surface area contributed by atoms with Gasteiger partial charge in [0.05, 0.1) is 172 Å². The Morgan fingerprint density at radius 2 is 0.541 bits per heavy atom. The van der Waals surface area contributed by atoms with Crippen LogP contribution in [-0.4, -0.2) is 450 Å². The van der Waals surface area contributed by atoms with Crippen molar-refractivity contribution in [1.82, 2.24) is 31.9 Å². The minimum absolute atomic E-state index is 0.000503. The quantitative estimate of drug-likeness (QED) is 0.0274. The van der Waals surface area contributed by atoms with Crippen molar-refractivity contribution in [2.75, 3.05) is 208 Å². The number of nitrogens with one attached hydrogen (secondary N) is 8. The lowest BCUT2D eigenvalue weighted by atomic mass is 9.99. The molecule has 4 saturated heterocycles. The van der Waals surface area contributed by atoms with Crippen LogP contribution in [0, 0.1) is 5.92 Å². The summed E-state index contributed by atoms with van der Waals surface area (Å²) in [5.41, 5.74) is -0.381. The minimum Gasteiger partial charge on any atom is -0.394 e. The summed E-state index contributed by atoms with van der Waals surface area (Å²) < 4.78 is 86.6. The monoisotopic (exact) mass is 1760 g/mol. The van der Waals surface area contributed by atoms with Gasteiger partial charge in [-0.2, -0.15) is 0 Å². The highest BCUT2D eigenvalue weighted by Gasteiger charge is 2.48. The first-order valence-electron chi connectivity index (χ1n) is 39.5. The summed E-state index contributed by atoms with van der Waals surface area (Å²) in [6, 6.07) is 7.61. The van der Waals surface area contributed by atoms with Gasteiger partial charge >= 0.3 is 0 Å². The average Bonchev–Trinajstić information content (AvgIpc) is 0.830. The summed E-state index contributed by atoms with van der Waals surface area (Å²) >= 11 is 0. The van der Waals surface area contributed by atoms with Gasteiger partial charge in [-0.25, -0.2) is 0 Å². The zero-order valence-corrected chi connectivity index (χ0v) is 67.2. The zero-order valence-electron chi connectivity index (χ0n) is 67.2. The van der Waals surface area contributed by atoms with E-state index >= 15 is 0 Å². The predicted molar refractivity (Wildman–Crippen MR) is 409 cm³/mol. The van der Waals surface area contributed by atoms with Crippen molar-refractivity contribution in [2.24, 2.45) is 5.92 Å². The minimum atomic E-state index is -1.62. The molecule has 0 bridgehead atoms. The number of carbonyl (C=O) groups excluding carboxylic acids is 8. The first-order chi connectivity index (χ1) is 58.6. The van der Waals surface area contributed by atoms with Crippen LogP contribution in [0.4, 0.5) is 11.4 Å². The molecule has 21 atom stereocenters. The number of ether oxygens (including phenoxy) is 16. The molecule has 4 heterocycles. The van der Waals surface area contributed by atoms with Crippen molar-refractivity contribution in [3.05, 3.63) is 58.7 Å². The van der Waals surface area contributed by atoms with Crippen molar-refractivity contribution >= 4 is 58.6 Å². The molecule has 24 N–H and O–H groups in total. The van der Waals surface area contributed by atoms with Gasteiger partial charge in [0.1, 0.15) is 97.7 Å². The molecule has 122 heavy (non-hydrogen) atoms. The molecule has 2 aromatic rings. The molecule has 48 heteroatoms. The van der Waals surface area contributed by atoms with E-state index in [0.29, 0.717) is 0 Å². The smallest absolute Gasteiger partial charge is 0.251 e. The number of amides is 8. The summed E-state index contributed by atoms with van der Waals surface area (Å²) in [6.45, 7) is -2.32. The number of rotatable bonds is 58. The fraction of sp³-hybridized carbons (Fsp3) is 0.730. The Kier molecular flexibility index (Phi) is 48.3. The van der Waals surface area contributed by atoms with Gasteiger partial charge in [-0.3, -0.25) is 38.4 Å². The number of aliphatic hydroxyl groups is 16. The Morgan fingerprint density at radius 3 is 0.795 bits per heavy atom. The fourth-order valence-corrected chi connectivity index (χ4v) is 11.8. The Balaban J connectivity index is 0.939. The first-order valence-corrected chi connectivity index (χ1v) is 39.5. The van der Waals surface area contributed by atoms with E-state index in [1.54, 1.807) is 0 Å². The van der Waals surface area contributed by atoms with E-state index < -0.39 is 216 Å². The second kappa shape index (κ2) is 56.8. The largest absolute Gasteiger partial charge is 0.394 e. The van der Waals surface area contributed by atoms with Gasteiger partial charge < -0.3 is 200 Å². The van der Waals surface area contributed by atoms with Crippen molar-refractivity contribution in [3.8, 4) is 0 Å². The summed E-state index contributed by atoms with van der Waals surface area (Å²) in [5, 5.41) is 178. The number of hydrogen-bond donors (Lipinski definition) is 24. The third-order valence-corrected chi connectivity index (χ3v) is 18.7. The topological polar surface area (TPSA) is 704 Å². The fourth-order valence-electron chi connectivity index (χ4n) is 11.8. The maximum absolute atomic E-state index is 13.5. The number of aliphatic hydroxyl groups excluding tert-OH is 16. The van der Waals surface area contributed by atoms with Crippen LogP contribution in [0.1, 0.15) is 61.2 Å². The van der Waals surface area contributed by atoms with Gasteiger partial charge in [0, 0.05) is 72.1 Å². The maximum atomic E-state index is 13.5. The van der Waals surface area contributed by atoms with Crippen LogP contribution in [0.25, 0.3) is 0 Å². The van der Waals surface area contributed by atoms with E-state index in [0.717, 1.165) is 0 Å². The molecular weight excluding hydrogens is 1640 g/mol. The Hall–Kier alpha value is -7.08. The van der Waals surface area contributed by atoms with Gasteiger partial charge in [-0.15, -0.1) is 0 Å². The Morgan fingerprint density at radius 1 is 0.303 bits per heavy atom. The van der Waals surface area contributed by atoms with E-state index in [9.17, 15) is 120 Å². The van der Waals surface area contributed by atoms with Gasteiger partial charge in [0.2, 0.25) is 23.6 Å². The predicted octanol–water partition coefficient (Wildman–Crippen LogP) is -11.8. The lowest BCUT2D eigenvalue weighted by molar-refractivity contribution is -0.302. The second-order valence-corrected chi connectivity index (χ2v) is 27.8. The standard InChI is InChI=1S/C74H118N8O40/c1-40(66(102)80-35-53(89)82-46-32-43(69(105)77-6-10-109-14-18-113-22-26-117-73-64(100)60(96)56(92)49(38-85)121-73)29-44(33-46)70(106)78-7-11-110-15-19-114-23-27-118-74-65(101)61(97)57(93)50(39-86)122-74)2-3-51(87)79-34-52(88)81-45-30-41(67(103)75-4-8-107-12-16-111-20-24-115-71-62(98)58(94)54(90)47(36-83)119-71)28-42(31-45)68(104)76-5-9-108-13-17-112-21-25-116-72-63(99)59(95)55(91)48(37-84)120-72/h28-33,40,47-50,54-65,71-74,83-86,90-101H,2-27,34-39H2,1H3,(H,75,103)(H,76,104)(H,77,105)(H,78,106)(H,79,87)(H,80,102)(H,81,88)(H,82,89)/t40-,47+,48+,49+,50+,54+,55+,56+,57+,58-,59-,60-,61-,62-,63-,64-,65-,71-,72-,73-,74-/m0/s1. The average molecular weight is 1760 g/mol. The molecule has 0 radical (unpaired) electrons. The third-order valence-electron chi connectivity index (χ3n) is 18.7. The van der Waals surface area contributed by atoms with Gasteiger partial charge in [-0.1, -0.05) is 6.92 Å². The molecule has 4 fully saturated rings. The molecule has 2 aromatic carbocycles. The summed E-state index contributed by atoms with van der Waals surface area (Å²) in [5.74, 6) is -6.52. The molecule has 694 valence electrons. The molecule has 4 aliphatic rings. The lowest BCUT2D eigenvalue weighted by Gasteiger charge is -2.39. The summed E-state index contributed by atoms with van der Waals surface area (Å²) in [4.78, 5) is 107. The molecule has 0 spiro atoms. The van der Waals surface area contributed by atoms with Gasteiger partial charge in [0.25, 0.3) is 23.6 Å². The van der Waals surface area contributed by atoms with Crippen molar-refractivity contribution in [3.63, 3.8) is 0 Å². The number of benzene rings is 2. The molecular formula is C74H118N8O40. The van der Waals surface area contributed by atoms with Crippen LogP contribution < -0.4 is 42.5 Å². The van der Waals surface area contributed by atoms with E-state index in [1.165, 1.54) is 43.3 Å². The van der Waals surface area contributed by atoms with Gasteiger partial charge in [0.15, 0.2) is 25.2 Å². The zero-order chi connectivity index (χ0) is 89.0. The van der Waals surface area contributed by atoms with E-state index in [1.807, 2.05) is 0 Å². The SMILES string of the molecule is C[C@@H](CCC(=O)NCC(=O)Nc1cc(C(=O)NCCOCCOCCO[C@H]2O[C@H](CO)[C@@H](O)[C@H](O)[C@@H]2O)cc(C(=O)NCCOCCOCCO[C@H]2O[C@H](CO)[C@@H](O)[C@H](O)[C@@H]2O)c1)C(=O)NCC(=O)Nc1cc(C(=O)NCCOCCOCCO[C@H]2O[C@H](CO)[C@@H](O)[C@H](O)[C@@H]2O)cc(C(=O)NCCOCCOCCO[C@H]2O[C@H](CO)[C@@H](O)[C@H](O)[C@@H]2O)c1. The molecule has 8 amide bonds. The highest BCUT2D eigenvalue weighted by atomic mass is 16.7. The van der Waals surface area contributed by atoms with Crippen LogP contribution >= 0.6 is 0 Å². The van der Waals surface area contributed by atoms with Crippen LogP contribution in [0.5, 0.6) is 0 Å². The molecule has 4 aliphatic heterocycles. The molecule has 6 rings (SSSR count). The maximum Gasteiger partial charge on any atom is 0.251 e. The van der Waals surface area contributed by atoms with Crippen LogP contribution in [0.2, 0.25) is 0 Å². The normalized spacial score (nSPS) is 26.8. The highest BCUT2D eigenvalue weighted by Crippen LogP contribution is 2.27. The van der Waals surface area contributed by atoms with Crippen molar-refractivity contribution in [2.45, 2.75) is 143 Å². The van der Waals surface area contributed by atoms with Crippen molar-refractivity contribution < 1.29 is 196 Å². The molecule has 0 unspecified atom stereocenters. The Labute approximate surface area is 699 Å².